The highest BCUT2D eigenvalue weighted by molar-refractivity contribution is 6.06. The van der Waals surface area contributed by atoms with Gasteiger partial charge in [-0.2, -0.15) is 0 Å². The van der Waals surface area contributed by atoms with Crippen molar-refractivity contribution < 1.29 is 13.9 Å². The van der Waals surface area contributed by atoms with Crippen LogP contribution in [0.25, 0.3) is 11.0 Å². The molecular formula is C18H22N2O3. The number of carbonyl (C=O) groups is 1. The van der Waals surface area contributed by atoms with Crippen LogP contribution in [0.5, 0.6) is 0 Å². The first-order valence-corrected chi connectivity index (χ1v) is 8.12. The molecule has 0 saturated carbocycles. The Morgan fingerprint density at radius 1 is 1.35 bits per heavy atom. The number of nitrogens with two attached hydrogens (primary N) is 1. The molecule has 1 amide bonds. The Labute approximate surface area is 135 Å². The van der Waals surface area contributed by atoms with E-state index in [1.165, 1.54) is 0 Å². The lowest BCUT2D eigenvalue weighted by Crippen LogP contribution is -2.52. The summed E-state index contributed by atoms with van der Waals surface area (Å²) in [6.07, 6.45) is 2.39. The number of nitrogens with zero attached hydrogens (tertiary/aromatic N) is 1. The first-order chi connectivity index (χ1) is 11.0. The van der Waals surface area contributed by atoms with E-state index >= 15 is 0 Å². The van der Waals surface area contributed by atoms with Crippen molar-refractivity contribution in [2.45, 2.75) is 25.8 Å². The Balaban J connectivity index is 1.66. The highest BCUT2D eigenvalue weighted by atomic mass is 16.5. The minimum Gasteiger partial charge on any atom is -0.463 e. The molecule has 0 bridgehead atoms. The quantitative estimate of drug-likeness (QED) is 0.876. The van der Waals surface area contributed by atoms with Crippen molar-refractivity contribution in [3.8, 4) is 0 Å². The van der Waals surface area contributed by atoms with Crippen LogP contribution in [-0.4, -0.2) is 42.6 Å². The van der Waals surface area contributed by atoms with Crippen molar-refractivity contribution in [2.75, 3.05) is 26.3 Å². The molecule has 0 aliphatic carbocycles. The summed E-state index contributed by atoms with van der Waals surface area (Å²) in [6.45, 7) is 6.67. The Morgan fingerprint density at radius 3 is 2.91 bits per heavy atom. The summed E-state index contributed by atoms with van der Waals surface area (Å²) in [7, 11) is 0. The smallest absolute Gasteiger partial charge is 0.257 e. The van der Waals surface area contributed by atoms with Gasteiger partial charge in [0, 0.05) is 36.5 Å². The van der Waals surface area contributed by atoms with Crippen molar-refractivity contribution in [3.05, 3.63) is 35.1 Å². The molecule has 0 unspecified atom stereocenters. The second-order valence-electron chi connectivity index (χ2n) is 7.02. The van der Waals surface area contributed by atoms with Crippen LogP contribution in [0.15, 0.2) is 22.8 Å². The third-order valence-electron chi connectivity index (χ3n) is 5.48. The van der Waals surface area contributed by atoms with Crippen molar-refractivity contribution in [1.29, 1.82) is 0 Å². The molecule has 2 N–H and O–H groups in total. The van der Waals surface area contributed by atoms with Crippen molar-refractivity contribution in [2.24, 2.45) is 11.7 Å². The fourth-order valence-corrected chi connectivity index (χ4v) is 3.76. The lowest BCUT2D eigenvalue weighted by molar-refractivity contribution is 0.0241. The number of hydrogen-bond acceptors (Lipinski definition) is 4. The summed E-state index contributed by atoms with van der Waals surface area (Å²) in [5, 5.41) is 0.885. The topological polar surface area (TPSA) is 68.7 Å². The first-order valence-electron chi connectivity index (χ1n) is 8.12. The molecule has 2 fully saturated rings. The van der Waals surface area contributed by atoms with Crippen LogP contribution < -0.4 is 5.73 Å². The zero-order valence-electron chi connectivity index (χ0n) is 13.6. The molecule has 23 heavy (non-hydrogen) atoms. The number of amides is 1. The Hall–Kier alpha value is -1.85. The van der Waals surface area contributed by atoms with Crippen LogP contribution in [0.3, 0.4) is 0 Å². The molecule has 2 saturated heterocycles. The number of ether oxygens (including phenoxy) is 1. The predicted octanol–water partition coefficient (Wildman–Crippen LogP) is 2.24. The normalized spacial score (nSPS) is 27.4. The number of benzene rings is 1. The number of likely N-dealkylation sites (tertiary alicyclic amines) is 1. The van der Waals surface area contributed by atoms with Crippen molar-refractivity contribution in [1.82, 2.24) is 4.90 Å². The monoisotopic (exact) mass is 314 g/mol. The van der Waals surface area contributed by atoms with E-state index in [1.807, 2.05) is 30.9 Å². The second kappa shape index (κ2) is 5.08. The second-order valence-corrected chi connectivity index (χ2v) is 7.02. The summed E-state index contributed by atoms with van der Waals surface area (Å²) < 4.78 is 11.1. The zero-order valence-corrected chi connectivity index (χ0v) is 13.6. The SMILES string of the molecule is Cc1cc2occ(C(=O)N3C[C@@H]4COCC[C@]4(N)C3)c2cc1C. The van der Waals surface area contributed by atoms with Gasteiger partial charge in [0.1, 0.15) is 11.8 Å². The number of carbonyl (C=O) groups excluding carboxylic acids is 1. The molecule has 2 aliphatic rings. The van der Waals surface area contributed by atoms with Gasteiger partial charge < -0.3 is 19.8 Å². The molecule has 2 aliphatic heterocycles. The van der Waals surface area contributed by atoms with Gasteiger partial charge in [0.2, 0.25) is 0 Å². The lowest BCUT2D eigenvalue weighted by atomic mass is 9.84. The molecule has 0 radical (unpaired) electrons. The van der Waals surface area contributed by atoms with E-state index in [0.717, 1.165) is 28.5 Å². The van der Waals surface area contributed by atoms with Gasteiger partial charge in [-0.15, -0.1) is 0 Å². The number of rotatable bonds is 1. The molecule has 2 aromatic rings. The van der Waals surface area contributed by atoms with Gasteiger partial charge in [0.15, 0.2) is 0 Å². The molecule has 1 aromatic heterocycles. The molecular weight excluding hydrogens is 292 g/mol. The number of furan rings is 1. The third-order valence-corrected chi connectivity index (χ3v) is 5.48. The van der Waals surface area contributed by atoms with Crippen LogP contribution in [-0.2, 0) is 4.74 Å². The van der Waals surface area contributed by atoms with Gasteiger partial charge in [-0.1, -0.05) is 0 Å². The van der Waals surface area contributed by atoms with Crippen LogP contribution in [0.1, 0.15) is 27.9 Å². The maximum Gasteiger partial charge on any atom is 0.257 e. The van der Waals surface area contributed by atoms with E-state index in [1.54, 1.807) is 6.26 Å². The third kappa shape index (κ3) is 2.26. The van der Waals surface area contributed by atoms with Gasteiger partial charge in [0.25, 0.3) is 5.91 Å². The van der Waals surface area contributed by atoms with Crippen molar-refractivity contribution in [3.63, 3.8) is 0 Å². The largest absolute Gasteiger partial charge is 0.463 e. The summed E-state index contributed by atoms with van der Waals surface area (Å²) in [5.74, 6) is 0.230. The maximum absolute atomic E-state index is 13.0. The summed E-state index contributed by atoms with van der Waals surface area (Å²) >= 11 is 0. The molecule has 0 spiro atoms. The average Bonchev–Trinajstić information content (AvgIpc) is 3.07. The van der Waals surface area contributed by atoms with E-state index < -0.39 is 0 Å². The van der Waals surface area contributed by atoms with Crippen LogP contribution >= 0.6 is 0 Å². The summed E-state index contributed by atoms with van der Waals surface area (Å²) in [5.41, 5.74) is 9.92. The summed E-state index contributed by atoms with van der Waals surface area (Å²) in [4.78, 5) is 14.8. The minimum atomic E-state index is -0.306. The van der Waals surface area contributed by atoms with Gasteiger partial charge >= 0.3 is 0 Å². The van der Waals surface area contributed by atoms with Gasteiger partial charge in [-0.25, -0.2) is 0 Å². The number of aryl methyl sites for hydroxylation is 2. The molecule has 4 rings (SSSR count). The maximum atomic E-state index is 13.0. The van der Waals surface area contributed by atoms with Gasteiger partial charge in [-0.3, -0.25) is 4.79 Å². The van der Waals surface area contributed by atoms with E-state index in [-0.39, 0.29) is 17.4 Å². The zero-order chi connectivity index (χ0) is 16.2. The van der Waals surface area contributed by atoms with Crippen LogP contribution in [0.2, 0.25) is 0 Å². The Bertz CT molecular complexity index is 782. The van der Waals surface area contributed by atoms with E-state index in [9.17, 15) is 4.79 Å². The summed E-state index contributed by atoms with van der Waals surface area (Å²) in [6, 6.07) is 4.02. The molecule has 1 aromatic carbocycles. The fourth-order valence-electron chi connectivity index (χ4n) is 3.76. The molecule has 5 nitrogen and oxygen atoms in total. The minimum absolute atomic E-state index is 0.00577. The lowest BCUT2D eigenvalue weighted by Gasteiger charge is -2.34. The number of hydrogen-bond donors (Lipinski definition) is 1. The first kappa shape index (κ1) is 14.7. The van der Waals surface area contributed by atoms with Gasteiger partial charge in [0.05, 0.1) is 12.2 Å². The Morgan fingerprint density at radius 2 is 2.13 bits per heavy atom. The van der Waals surface area contributed by atoms with E-state index in [4.69, 9.17) is 14.9 Å². The Kier molecular flexibility index (Phi) is 3.25. The van der Waals surface area contributed by atoms with Crippen LogP contribution in [0, 0.1) is 19.8 Å². The van der Waals surface area contributed by atoms with E-state index in [0.29, 0.717) is 31.9 Å². The highest BCUT2D eigenvalue weighted by Gasteiger charge is 2.47. The van der Waals surface area contributed by atoms with Crippen LogP contribution in [0.4, 0.5) is 0 Å². The highest BCUT2D eigenvalue weighted by Crippen LogP contribution is 2.34. The molecule has 122 valence electrons. The predicted molar refractivity (Wildman–Crippen MR) is 87.4 cm³/mol. The fraction of sp³-hybridized carbons (Fsp3) is 0.500. The molecule has 3 heterocycles. The standard InChI is InChI=1S/C18H22N2O3/c1-11-5-14-15(9-23-16(14)6-12(11)2)17(21)20-7-13-8-22-4-3-18(13,19)10-20/h5-6,9,13H,3-4,7-8,10,19H2,1-2H3/t13-,18+/m1/s1. The van der Waals surface area contributed by atoms with Crippen molar-refractivity contribution >= 4 is 16.9 Å². The molecule has 5 heteroatoms. The number of fused-ring (bicyclic) bond motifs is 2. The van der Waals surface area contributed by atoms with E-state index in [2.05, 4.69) is 0 Å². The average molecular weight is 314 g/mol. The van der Waals surface area contributed by atoms with Gasteiger partial charge in [-0.05, 0) is 43.5 Å². The molecule has 2 atom stereocenters.